The Hall–Kier alpha value is -1.75. The molecule has 0 aliphatic carbocycles. The fraction of sp³-hybridized carbons (Fsp3) is 0.500. The second-order valence-corrected chi connectivity index (χ2v) is 5.28. The number of phenolic OH excluding ortho intramolecular Hbond substituents is 2. The molecule has 0 saturated carbocycles. The maximum atomic E-state index is 12.4. The molecule has 0 spiro atoms. The summed E-state index contributed by atoms with van der Waals surface area (Å²) in [6.07, 6.45) is 0. The van der Waals surface area contributed by atoms with Gasteiger partial charge in [-0.3, -0.25) is 9.69 Å². The topological polar surface area (TPSA) is 64.0 Å². The molecule has 2 rings (SSSR count). The molecule has 104 valence electrons. The largest absolute Gasteiger partial charge is 0.508 e. The summed E-state index contributed by atoms with van der Waals surface area (Å²) < 4.78 is 0. The van der Waals surface area contributed by atoms with Gasteiger partial charge in [0.05, 0.1) is 5.56 Å². The molecule has 1 aromatic carbocycles. The van der Waals surface area contributed by atoms with E-state index in [4.69, 9.17) is 0 Å². The van der Waals surface area contributed by atoms with Crippen molar-refractivity contribution in [1.29, 1.82) is 0 Å². The molecule has 19 heavy (non-hydrogen) atoms. The van der Waals surface area contributed by atoms with Gasteiger partial charge in [0.15, 0.2) is 0 Å². The Balaban J connectivity index is 2.22. The number of likely N-dealkylation sites (N-methyl/N-ethyl adjacent to an activating group) is 1. The Morgan fingerprint density at radius 3 is 2.37 bits per heavy atom. The van der Waals surface area contributed by atoms with Crippen molar-refractivity contribution in [3.63, 3.8) is 0 Å². The Bertz CT molecular complexity index is 478. The average molecular weight is 264 g/mol. The zero-order valence-corrected chi connectivity index (χ0v) is 11.5. The van der Waals surface area contributed by atoms with Gasteiger partial charge in [-0.15, -0.1) is 0 Å². The van der Waals surface area contributed by atoms with Crippen LogP contribution in [-0.2, 0) is 0 Å². The van der Waals surface area contributed by atoms with Crippen molar-refractivity contribution in [3.8, 4) is 11.5 Å². The molecule has 2 N–H and O–H groups in total. The molecule has 1 fully saturated rings. The highest BCUT2D eigenvalue weighted by Crippen LogP contribution is 2.25. The van der Waals surface area contributed by atoms with Crippen LogP contribution in [0.5, 0.6) is 11.5 Å². The Kier molecular flexibility index (Phi) is 3.66. The van der Waals surface area contributed by atoms with Crippen molar-refractivity contribution in [2.45, 2.75) is 25.9 Å². The van der Waals surface area contributed by atoms with Gasteiger partial charge in [0, 0.05) is 25.2 Å². The number of carbonyl (C=O) groups excluding carboxylic acids is 1. The van der Waals surface area contributed by atoms with Gasteiger partial charge in [0.25, 0.3) is 5.91 Å². The summed E-state index contributed by atoms with van der Waals surface area (Å²) in [5.74, 6) is -0.349. The monoisotopic (exact) mass is 264 g/mol. The molecule has 0 aromatic heterocycles. The van der Waals surface area contributed by atoms with Crippen LogP contribution in [0.1, 0.15) is 24.2 Å². The summed E-state index contributed by atoms with van der Waals surface area (Å²) in [6, 6.07) is 4.55. The highest BCUT2D eigenvalue weighted by molar-refractivity contribution is 5.97. The molecule has 1 aromatic rings. The maximum absolute atomic E-state index is 12.4. The molecular formula is C14H20N2O3. The third kappa shape index (κ3) is 2.66. The van der Waals surface area contributed by atoms with Gasteiger partial charge in [0.1, 0.15) is 11.5 Å². The third-order valence-electron chi connectivity index (χ3n) is 3.86. The first kappa shape index (κ1) is 13.7. The molecule has 2 atom stereocenters. The molecule has 1 heterocycles. The third-order valence-corrected chi connectivity index (χ3v) is 3.86. The van der Waals surface area contributed by atoms with Crippen molar-refractivity contribution < 1.29 is 15.0 Å². The lowest BCUT2D eigenvalue weighted by Crippen LogP contribution is -2.56. The van der Waals surface area contributed by atoms with E-state index in [1.165, 1.54) is 18.2 Å². The van der Waals surface area contributed by atoms with E-state index in [0.717, 1.165) is 0 Å². The highest BCUT2D eigenvalue weighted by atomic mass is 16.3. The fourth-order valence-corrected chi connectivity index (χ4v) is 2.44. The summed E-state index contributed by atoms with van der Waals surface area (Å²) in [4.78, 5) is 16.4. The van der Waals surface area contributed by atoms with Gasteiger partial charge < -0.3 is 15.1 Å². The van der Waals surface area contributed by atoms with Gasteiger partial charge in [-0.25, -0.2) is 0 Å². The van der Waals surface area contributed by atoms with Gasteiger partial charge in [-0.05, 0) is 39.1 Å². The number of phenols is 2. The SMILES string of the molecule is CC1CN(C(=O)c2cc(O)ccc2O)CC(C)N1C. The first-order chi connectivity index (χ1) is 8.90. The first-order valence-electron chi connectivity index (χ1n) is 6.43. The molecule has 2 unspecified atom stereocenters. The highest BCUT2D eigenvalue weighted by Gasteiger charge is 2.30. The molecule has 5 nitrogen and oxygen atoms in total. The molecule has 0 radical (unpaired) electrons. The van der Waals surface area contributed by atoms with Crippen LogP contribution >= 0.6 is 0 Å². The van der Waals surface area contributed by atoms with E-state index in [1.54, 1.807) is 4.90 Å². The first-order valence-corrected chi connectivity index (χ1v) is 6.43. The number of carbonyl (C=O) groups is 1. The smallest absolute Gasteiger partial charge is 0.257 e. The van der Waals surface area contributed by atoms with Crippen LogP contribution < -0.4 is 0 Å². The number of hydrogen-bond acceptors (Lipinski definition) is 4. The van der Waals surface area contributed by atoms with Gasteiger partial charge in [-0.2, -0.15) is 0 Å². The molecule has 0 bridgehead atoms. The normalized spacial score (nSPS) is 24.5. The maximum Gasteiger partial charge on any atom is 0.257 e. The van der Waals surface area contributed by atoms with Crippen LogP contribution in [0.3, 0.4) is 0 Å². The average Bonchev–Trinajstić information content (AvgIpc) is 2.37. The Morgan fingerprint density at radius 2 is 1.79 bits per heavy atom. The van der Waals surface area contributed by atoms with Crippen molar-refractivity contribution >= 4 is 5.91 Å². The minimum atomic E-state index is -0.236. The van der Waals surface area contributed by atoms with E-state index >= 15 is 0 Å². The summed E-state index contributed by atoms with van der Waals surface area (Å²) in [5, 5.41) is 19.2. The number of hydrogen-bond donors (Lipinski definition) is 2. The lowest BCUT2D eigenvalue weighted by molar-refractivity contribution is 0.0411. The van der Waals surface area contributed by atoms with E-state index in [0.29, 0.717) is 13.1 Å². The minimum absolute atomic E-state index is 0.0172. The summed E-state index contributed by atoms with van der Waals surface area (Å²) in [6.45, 7) is 5.38. The van der Waals surface area contributed by atoms with E-state index < -0.39 is 0 Å². The van der Waals surface area contributed by atoms with E-state index in [2.05, 4.69) is 18.7 Å². The van der Waals surface area contributed by atoms with Gasteiger partial charge in [-0.1, -0.05) is 0 Å². The summed E-state index contributed by atoms with van der Waals surface area (Å²) in [7, 11) is 2.04. The summed E-state index contributed by atoms with van der Waals surface area (Å²) in [5.41, 5.74) is 0.156. The van der Waals surface area contributed by atoms with Gasteiger partial charge in [0.2, 0.25) is 0 Å². The van der Waals surface area contributed by atoms with Crippen LogP contribution in [0.4, 0.5) is 0 Å². The Labute approximate surface area is 113 Å². The van der Waals surface area contributed by atoms with Crippen LogP contribution in [0.2, 0.25) is 0 Å². The zero-order valence-electron chi connectivity index (χ0n) is 11.5. The molecule has 1 amide bonds. The molecule has 1 aliphatic rings. The number of amides is 1. The van der Waals surface area contributed by atoms with Crippen molar-refractivity contribution in [2.75, 3.05) is 20.1 Å². The molecular weight excluding hydrogens is 244 g/mol. The zero-order chi connectivity index (χ0) is 14.2. The predicted octanol–water partition coefficient (Wildman–Crippen LogP) is 1.26. The predicted molar refractivity (Wildman–Crippen MR) is 72.4 cm³/mol. The van der Waals surface area contributed by atoms with Gasteiger partial charge >= 0.3 is 0 Å². The number of aromatic hydroxyl groups is 2. The van der Waals surface area contributed by atoms with Crippen molar-refractivity contribution in [1.82, 2.24) is 9.80 Å². The number of nitrogens with zero attached hydrogens (tertiary/aromatic N) is 2. The molecule has 1 aliphatic heterocycles. The van der Waals surface area contributed by atoms with E-state index in [9.17, 15) is 15.0 Å². The minimum Gasteiger partial charge on any atom is -0.508 e. The van der Waals surface area contributed by atoms with E-state index in [1.807, 2.05) is 7.05 Å². The van der Waals surface area contributed by atoms with Crippen LogP contribution in [0.15, 0.2) is 18.2 Å². The lowest BCUT2D eigenvalue weighted by Gasteiger charge is -2.42. The molecule has 1 saturated heterocycles. The van der Waals surface area contributed by atoms with Crippen LogP contribution in [0.25, 0.3) is 0 Å². The lowest BCUT2D eigenvalue weighted by atomic mass is 10.1. The van der Waals surface area contributed by atoms with Crippen LogP contribution in [-0.4, -0.2) is 58.1 Å². The Morgan fingerprint density at radius 1 is 1.21 bits per heavy atom. The standard InChI is InChI=1S/C14H20N2O3/c1-9-7-16(8-10(2)15(9)3)14(19)12-6-11(17)4-5-13(12)18/h4-6,9-10,17-18H,7-8H2,1-3H3. The number of piperazine rings is 1. The summed E-state index contributed by atoms with van der Waals surface area (Å²) >= 11 is 0. The van der Waals surface area contributed by atoms with E-state index in [-0.39, 0.29) is 35.1 Å². The second-order valence-electron chi connectivity index (χ2n) is 5.28. The fourth-order valence-electron chi connectivity index (χ4n) is 2.44. The number of rotatable bonds is 1. The van der Waals surface area contributed by atoms with Crippen molar-refractivity contribution in [2.24, 2.45) is 0 Å². The quantitative estimate of drug-likeness (QED) is 0.750. The number of benzene rings is 1. The molecule has 5 heteroatoms. The van der Waals surface area contributed by atoms with Crippen molar-refractivity contribution in [3.05, 3.63) is 23.8 Å². The van der Waals surface area contributed by atoms with Crippen LogP contribution in [0, 0.1) is 0 Å². The second kappa shape index (κ2) is 5.09.